The molecule has 1 aromatic carbocycles. The number of nitrogens with zero attached hydrogens (tertiary/aromatic N) is 4. The molecule has 0 saturated heterocycles. The summed E-state index contributed by atoms with van der Waals surface area (Å²) in [6.45, 7) is 12.5. The number of alkyl carbamates (subject to hydrolysis) is 1. The van der Waals surface area contributed by atoms with Crippen LogP contribution in [0.1, 0.15) is 104 Å². The highest BCUT2D eigenvalue weighted by molar-refractivity contribution is 5.99. The van der Waals surface area contributed by atoms with E-state index in [0.717, 1.165) is 38.2 Å². The van der Waals surface area contributed by atoms with Crippen molar-refractivity contribution in [2.24, 2.45) is 4.99 Å². The van der Waals surface area contributed by atoms with Gasteiger partial charge in [0.05, 0.1) is 12.2 Å². The highest BCUT2D eigenvalue weighted by Gasteiger charge is 2.36. The van der Waals surface area contributed by atoms with Gasteiger partial charge in [-0.2, -0.15) is 18.2 Å². The number of hydrogen-bond acceptors (Lipinski definition) is 8. The first-order valence-corrected chi connectivity index (χ1v) is 15.4. The molecule has 14 heteroatoms. The Morgan fingerprint density at radius 3 is 2.35 bits per heavy atom. The Kier molecular flexibility index (Phi) is 12.2. The SMILES string of the molecule is CCCCCCCCOc1ccc(-c2noc(C3C=CCN3C(=NC(=O)OC(C)(C)C)NC(=O)OC(C)(C)C)n2)cc1C(F)(F)F. The molecule has 0 saturated carbocycles. The Hall–Kier alpha value is -4.10. The molecule has 2 aromatic rings. The first-order valence-electron chi connectivity index (χ1n) is 15.4. The second-order valence-electron chi connectivity index (χ2n) is 12.8. The fourth-order valence-electron chi connectivity index (χ4n) is 4.44. The van der Waals surface area contributed by atoms with Crippen molar-refractivity contribution in [1.82, 2.24) is 20.4 Å². The van der Waals surface area contributed by atoms with E-state index < -0.39 is 41.2 Å². The van der Waals surface area contributed by atoms with E-state index in [4.69, 9.17) is 18.7 Å². The molecule has 46 heavy (non-hydrogen) atoms. The standard InChI is InChI=1S/C32H44F3N5O6/c1-8-9-10-11-12-13-19-43-24-17-16-21(20-22(24)32(33,34)35)25-36-26(46-39-25)23-15-14-18-40(23)27(37-28(41)44-30(2,3)4)38-29(42)45-31(5,6)7/h14-17,20,23H,8-13,18-19H2,1-7H3,(H,37,38,41,42). The number of nitrogens with one attached hydrogen (secondary N) is 1. The number of hydrogen-bond donors (Lipinski definition) is 1. The van der Waals surface area contributed by atoms with Gasteiger partial charge in [-0.3, -0.25) is 5.32 Å². The lowest BCUT2D eigenvalue weighted by Crippen LogP contribution is -2.46. The first kappa shape index (κ1) is 36.4. The summed E-state index contributed by atoms with van der Waals surface area (Å²) < 4.78 is 63.6. The molecule has 2 amide bonds. The van der Waals surface area contributed by atoms with Crippen molar-refractivity contribution in [3.63, 3.8) is 0 Å². The molecule has 2 heterocycles. The third-order valence-corrected chi connectivity index (χ3v) is 6.43. The van der Waals surface area contributed by atoms with Crippen molar-refractivity contribution in [2.75, 3.05) is 13.2 Å². The molecule has 1 unspecified atom stereocenters. The highest BCUT2D eigenvalue weighted by Crippen LogP contribution is 2.39. The van der Waals surface area contributed by atoms with Crippen LogP contribution in [0, 0.1) is 0 Å². The van der Waals surface area contributed by atoms with Crippen LogP contribution in [0.25, 0.3) is 11.4 Å². The van der Waals surface area contributed by atoms with Crippen molar-refractivity contribution < 1.29 is 41.5 Å². The molecule has 1 aromatic heterocycles. The van der Waals surface area contributed by atoms with Gasteiger partial charge in [-0.05, 0) is 66.2 Å². The van der Waals surface area contributed by atoms with E-state index in [2.05, 4.69) is 27.4 Å². The molecule has 1 aliphatic heterocycles. The third-order valence-electron chi connectivity index (χ3n) is 6.43. The summed E-state index contributed by atoms with van der Waals surface area (Å²) in [7, 11) is 0. The number of guanidine groups is 1. The molecule has 0 bridgehead atoms. The summed E-state index contributed by atoms with van der Waals surface area (Å²) in [4.78, 5) is 35.0. The van der Waals surface area contributed by atoms with Crippen molar-refractivity contribution in [1.29, 1.82) is 0 Å². The van der Waals surface area contributed by atoms with E-state index in [1.807, 2.05) is 0 Å². The maximum atomic E-state index is 14.0. The average Bonchev–Trinajstić information content (AvgIpc) is 3.60. The minimum atomic E-state index is -4.68. The Bertz CT molecular complexity index is 1390. The number of ether oxygens (including phenoxy) is 3. The van der Waals surface area contributed by atoms with Gasteiger partial charge < -0.3 is 23.6 Å². The fraction of sp³-hybridized carbons (Fsp3) is 0.594. The lowest BCUT2D eigenvalue weighted by atomic mass is 10.1. The average molecular weight is 652 g/mol. The monoisotopic (exact) mass is 651 g/mol. The van der Waals surface area contributed by atoms with Crippen LogP contribution in [0.15, 0.2) is 39.9 Å². The predicted octanol–water partition coefficient (Wildman–Crippen LogP) is 8.22. The number of carbonyl (C=O) groups excluding carboxylic acids is 2. The van der Waals surface area contributed by atoms with E-state index in [1.54, 1.807) is 53.7 Å². The van der Waals surface area contributed by atoms with Crippen molar-refractivity contribution in [3.8, 4) is 17.1 Å². The van der Waals surface area contributed by atoms with E-state index >= 15 is 0 Å². The molecular formula is C32H44F3N5O6. The number of alkyl halides is 3. The van der Waals surface area contributed by atoms with Gasteiger partial charge in [0, 0.05) is 12.1 Å². The van der Waals surface area contributed by atoms with Crippen molar-refractivity contribution in [2.45, 2.75) is 110 Å². The van der Waals surface area contributed by atoms with Crippen molar-refractivity contribution in [3.05, 3.63) is 41.8 Å². The second-order valence-corrected chi connectivity index (χ2v) is 12.8. The molecule has 254 valence electrons. The van der Waals surface area contributed by atoms with Crippen LogP contribution < -0.4 is 10.1 Å². The molecule has 0 fully saturated rings. The summed E-state index contributed by atoms with van der Waals surface area (Å²) in [6.07, 6.45) is 2.77. The van der Waals surface area contributed by atoms with Gasteiger partial charge >= 0.3 is 18.4 Å². The van der Waals surface area contributed by atoms with E-state index in [9.17, 15) is 22.8 Å². The first-order chi connectivity index (χ1) is 21.5. The zero-order valence-corrected chi connectivity index (χ0v) is 27.5. The maximum Gasteiger partial charge on any atom is 0.437 e. The molecular weight excluding hydrogens is 607 g/mol. The summed E-state index contributed by atoms with van der Waals surface area (Å²) in [5.74, 6) is -0.573. The normalized spacial score (nSPS) is 15.7. The zero-order valence-electron chi connectivity index (χ0n) is 27.5. The Labute approximate surface area is 267 Å². The second kappa shape index (κ2) is 15.5. The third kappa shape index (κ3) is 11.4. The number of rotatable bonds is 10. The quantitative estimate of drug-likeness (QED) is 0.117. The van der Waals surface area contributed by atoms with Crippen LogP contribution in [0.5, 0.6) is 5.75 Å². The summed E-state index contributed by atoms with van der Waals surface area (Å²) in [5.41, 5.74) is -2.57. The van der Waals surface area contributed by atoms with Crippen LogP contribution in [-0.4, -0.2) is 57.5 Å². The van der Waals surface area contributed by atoms with Crippen molar-refractivity contribution >= 4 is 18.1 Å². The summed E-state index contributed by atoms with van der Waals surface area (Å²) in [6, 6.07) is 2.79. The Morgan fingerprint density at radius 2 is 1.70 bits per heavy atom. The number of amides is 2. The van der Waals surface area contributed by atoms with Gasteiger partial charge in [-0.1, -0.05) is 56.3 Å². The predicted molar refractivity (Wildman–Crippen MR) is 165 cm³/mol. The number of aromatic nitrogens is 2. The topological polar surface area (TPSA) is 128 Å². The maximum absolute atomic E-state index is 14.0. The smallest absolute Gasteiger partial charge is 0.437 e. The lowest BCUT2D eigenvalue weighted by Gasteiger charge is -2.27. The number of benzene rings is 1. The number of carbonyl (C=O) groups is 2. The van der Waals surface area contributed by atoms with Crippen LogP contribution in [0.3, 0.4) is 0 Å². The lowest BCUT2D eigenvalue weighted by molar-refractivity contribution is -0.138. The largest absolute Gasteiger partial charge is 0.493 e. The van der Waals surface area contributed by atoms with Gasteiger partial charge in [0.15, 0.2) is 0 Å². The van der Waals surface area contributed by atoms with E-state index in [1.165, 1.54) is 17.0 Å². The van der Waals surface area contributed by atoms with Gasteiger partial charge in [0.1, 0.15) is 23.0 Å². The van der Waals surface area contributed by atoms with Gasteiger partial charge in [0.25, 0.3) is 5.89 Å². The van der Waals surface area contributed by atoms with Gasteiger partial charge in [-0.25, -0.2) is 9.59 Å². The van der Waals surface area contributed by atoms with E-state index in [-0.39, 0.29) is 42.1 Å². The van der Waals surface area contributed by atoms with Gasteiger partial charge in [-0.15, -0.1) is 4.99 Å². The molecule has 0 radical (unpaired) electrons. The van der Waals surface area contributed by atoms with Crippen LogP contribution in [-0.2, 0) is 15.7 Å². The summed E-state index contributed by atoms with van der Waals surface area (Å²) >= 11 is 0. The van der Waals surface area contributed by atoms with Crippen LogP contribution in [0.4, 0.5) is 22.8 Å². The molecule has 1 aliphatic rings. The molecule has 0 aliphatic carbocycles. The molecule has 0 spiro atoms. The Morgan fingerprint density at radius 1 is 1.02 bits per heavy atom. The molecule has 3 rings (SSSR count). The van der Waals surface area contributed by atoms with Crippen LogP contribution in [0.2, 0.25) is 0 Å². The minimum Gasteiger partial charge on any atom is -0.493 e. The fourth-order valence-corrected chi connectivity index (χ4v) is 4.44. The minimum absolute atomic E-state index is 0.0106. The molecule has 11 nitrogen and oxygen atoms in total. The van der Waals surface area contributed by atoms with Crippen LogP contribution >= 0.6 is 0 Å². The van der Waals surface area contributed by atoms with Gasteiger partial charge in [0.2, 0.25) is 11.8 Å². The number of aliphatic imine (C=N–C) groups is 1. The highest BCUT2D eigenvalue weighted by atomic mass is 19.4. The Balaban J connectivity index is 1.83. The number of unbranched alkanes of at least 4 members (excludes halogenated alkanes) is 5. The molecule has 1 atom stereocenters. The number of halogens is 3. The van der Waals surface area contributed by atoms with E-state index in [0.29, 0.717) is 6.42 Å². The molecule has 1 N–H and O–H groups in total. The summed E-state index contributed by atoms with van der Waals surface area (Å²) in [5, 5.41) is 6.39. The zero-order chi connectivity index (χ0) is 34.1.